The van der Waals surface area contributed by atoms with Crippen LogP contribution in [-0.4, -0.2) is 163 Å². The van der Waals surface area contributed by atoms with E-state index in [4.69, 9.17) is 45.7 Å². The van der Waals surface area contributed by atoms with Crippen LogP contribution in [-0.2, 0) is 37.5 Å². The van der Waals surface area contributed by atoms with Crippen LogP contribution >= 0.6 is 24.8 Å². The molecule has 0 unspecified atom stereocenters. The fraction of sp³-hybridized carbons (Fsp3) is 0.705. The topological polar surface area (TPSA) is 337 Å². The monoisotopic (exact) mass is 1440 g/mol. The zero-order chi connectivity index (χ0) is 71.9. The molecule has 0 radical (unpaired) electrons. The third-order valence-electron chi connectivity index (χ3n) is 14.4. The average molecular weight is 1450 g/mol. The number of aromatic amines is 1. The van der Waals surface area contributed by atoms with Gasteiger partial charge in [0.05, 0.1) is 30.3 Å². The number of nitrogens with one attached hydrogen (secondary N) is 4. The summed E-state index contributed by atoms with van der Waals surface area (Å²) < 4.78 is 136. The quantitative estimate of drug-likeness (QED) is 0.0540. The van der Waals surface area contributed by atoms with E-state index in [1.165, 1.54) is 40.3 Å². The van der Waals surface area contributed by atoms with E-state index >= 15 is 0 Å². The van der Waals surface area contributed by atoms with Gasteiger partial charge in [0, 0.05) is 100 Å². The lowest BCUT2D eigenvalue weighted by atomic mass is 9.87. The van der Waals surface area contributed by atoms with Gasteiger partial charge in [-0.3, -0.25) is 23.8 Å². The predicted molar refractivity (Wildman–Crippen MR) is 347 cm³/mol. The number of carbonyl (C=O) groups excluding carboxylic acids is 3. The molecule has 5 aromatic rings. The third kappa shape index (κ3) is 32.9. The smallest absolute Gasteiger partial charge is 0.435 e. The summed E-state index contributed by atoms with van der Waals surface area (Å²) in [5.74, 6) is 0. The van der Waals surface area contributed by atoms with Gasteiger partial charge in [-0.15, -0.1) is 24.8 Å². The van der Waals surface area contributed by atoms with E-state index in [-0.39, 0.29) is 73.3 Å². The number of rotatable bonds is 7. The molecule has 6 aliphatic rings. The van der Waals surface area contributed by atoms with Crippen molar-refractivity contribution in [3.8, 4) is 0 Å². The lowest BCUT2D eigenvalue weighted by Crippen LogP contribution is -2.48. The number of aliphatic hydroxyl groups excluding tert-OH is 3. The van der Waals surface area contributed by atoms with Crippen molar-refractivity contribution in [2.45, 2.75) is 249 Å². The van der Waals surface area contributed by atoms with E-state index in [0.29, 0.717) is 56.7 Å². The van der Waals surface area contributed by atoms with Gasteiger partial charge in [0.1, 0.15) is 22.5 Å². The number of hydrogen-bond acceptors (Lipinski definition) is 17. The number of halogens is 11. The summed E-state index contributed by atoms with van der Waals surface area (Å²) in [5.41, 5.74) is 9.61. The minimum Gasteiger partial charge on any atom is -0.444 e. The molecule has 11 N–H and O–H groups in total. The van der Waals surface area contributed by atoms with Gasteiger partial charge in [-0.05, 0) is 184 Å². The first-order chi connectivity index (χ1) is 44.1. The minimum atomic E-state index is -4.43. The van der Waals surface area contributed by atoms with Crippen LogP contribution in [0.2, 0.25) is 0 Å². The molecule has 6 heterocycles. The van der Waals surface area contributed by atoms with E-state index in [1.807, 2.05) is 77.7 Å². The Morgan fingerprint density at radius 3 is 1.09 bits per heavy atom. The summed E-state index contributed by atoms with van der Waals surface area (Å²) in [4.78, 5) is 34.3. The molecule has 6 fully saturated rings. The molecular weight excluding hydrogens is 1340 g/mol. The van der Waals surface area contributed by atoms with Gasteiger partial charge < -0.3 is 61.7 Å². The Morgan fingerprint density at radius 2 is 0.845 bits per heavy atom. The third-order valence-corrected chi connectivity index (χ3v) is 14.4. The Hall–Kier alpha value is -6.43. The Labute approximate surface area is 572 Å². The highest BCUT2D eigenvalue weighted by molar-refractivity contribution is 5.85. The maximum atomic E-state index is 12.4. The number of nitrogens with zero attached hydrogens (tertiary/aromatic N) is 9. The molecule has 0 atom stereocenters. The van der Waals surface area contributed by atoms with Crippen LogP contribution in [0.4, 0.5) is 53.9 Å². The van der Waals surface area contributed by atoms with Crippen molar-refractivity contribution in [2.24, 2.45) is 11.5 Å². The molecule has 25 nitrogen and oxygen atoms in total. The predicted octanol–water partition coefficient (Wildman–Crippen LogP) is 11.3. The zero-order valence-corrected chi connectivity index (χ0v) is 58.7. The van der Waals surface area contributed by atoms with Crippen LogP contribution in [0.1, 0.15) is 192 Å². The molecule has 0 spiro atoms. The lowest BCUT2D eigenvalue weighted by molar-refractivity contribution is -0.142. The van der Waals surface area contributed by atoms with Crippen LogP contribution < -0.4 is 27.4 Å². The van der Waals surface area contributed by atoms with Crippen LogP contribution in [0.5, 0.6) is 0 Å². The molecule has 0 aromatic carbocycles. The van der Waals surface area contributed by atoms with E-state index in [2.05, 4.69) is 53.0 Å². The summed E-state index contributed by atoms with van der Waals surface area (Å²) in [6.45, 7) is 22.5. The average Bonchev–Trinajstić information content (AvgIpc) is 1.76. The fourth-order valence-corrected chi connectivity index (χ4v) is 9.47. The van der Waals surface area contributed by atoms with Gasteiger partial charge >= 0.3 is 36.8 Å². The number of alkyl halides is 9. The first kappa shape index (κ1) is 88.6. The van der Waals surface area contributed by atoms with Gasteiger partial charge in [0.25, 0.3) is 0 Å². The summed E-state index contributed by atoms with van der Waals surface area (Å²) in [7, 11) is 2.00. The van der Waals surface area contributed by atoms with Crippen molar-refractivity contribution in [3.05, 3.63) is 89.8 Å². The van der Waals surface area contributed by atoms with Crippen molar-refractivity contribution in [2.75, 3.05) is 27.4 Å². The van der Waals surface area contributed by atoms with Gasteiger partial charge in [0.2, 0.25) is 0 Å². The number of nitrogens with two attached hydrogens (primary N) is 2. The summed E-state index contributed by atoms with van der Waals surface area (Å²) >= 11 is 0. The number of hydrogen-bond donors (Lipinski definition) is 9. The van der Waals surface area contributed by atoms with Gasteiger partial charge in [-0.25, -0.2) is 14.4 Å². The second-order valence-electron chi connectivity index (χ2n) is 26.2. The first-order valence-corrected chi connectivity index (χ1v) is 31.1. The van der Waals surface area contributed by atoms with Crippen LogP contribution in [0.3, 0.4) is 0 Å². The molecule has 3 amide bonds. The van der Waals surface area contributed by atoms with E-state index in [1.54, 1.807) is 25.9 Å². The number of aryl methyl sites for hydroxylation is 2. The molecule has 0 bridgehead atoms. The minimum absolute atomic E-state index is 0. The largest absolute Gasteiger partial charge is 0.444 e. The number of H-pyrrole nitrogens is 1. The molecule has 97 heavy (non-hydrogen) atoms. The zero-order valence-electron chi connectivity index (χ0n) is 57.0. The van der Waals surface area contributed by atoms with Gasteiger partial charge in [0.15, 0.2) is 11.4 Å². The molecule has 1 saturated heterocycles. The van der Waals surface area contributed by atoms with E-state index < -0.39 is 64.6 Å². The molecule has 36 heteroatoms. The maximum absolute atomic E-state index is 12.4. The fourth-order valence-electron chi connectivity index (χ4n) is 9.47. The molecule has 5 aromatic heterocycles. The summed E-state index contributed by atoms with van der Waals surface area (Å²) in [6.07, 6.45) is 3.16. The highest BCUT2D eigenvalue weighted by Gasteiger charge is 2.40. The molecular formula is C61H100Cl2F9N15O10. The van der Waals surface area contributed by atoms with Crippen molar-refractivity contribution < 1.29 is 88.2 Å². The summed E-state index contributed by atoms with van der Waals surface area (Å²) in [6, 6.07) is 8.45. The standard InChI is InChI=1S/C13H18F3N3O2.C13H21N3O2.C9H17NO3.C8H10F3N3.C8H13N3.C4H3F3N2.C4H8O.2CH4O.2ClH/c1-12(2,3)21-11(20)17-8-6-9(7-8)19-5-4-10(18-19)13(14,15)16;1-9-5-6-14-16(9)11-7-10(8-11)15-12(17)18-13(2,3)4;1-9(2,3)13-8(12)10-6-4-7(11)5-6;9-8(10,11)7-1-2-14(13-7)6-3-5(12)4-6;1-6-2-3-10-11(6)8-4-7(9)5-8;5-4(6,7)3-1-2-8-9-3;1-2-4-5-3-1;2*1-2;;/h4-5,8-9H,6-7H2,1-3H3,(H,17,20);5-6,10-11H,7-8H2,1-4H3,(H,15,17);6-7,11H,4-5H2,1-3H3,(H,10,12);1-2,5-6H,3-4,12H2;2-3,7-8H,4-5,9H2,1H3;1-2H,(H,8,9);1-4H2;2*2H,1H3;2*1H. The first-order valence-electron chi connectivity index (χ1n) is 31.1. The normalized spacial score (nSPS) is 22.8. The van der Waals surface area contributed by atoms with Crippen molar-refractivity contribution in [1.29, 1.82) is 0 Å². The Kier molecular flexibility index (Phi) is 36.5. The Bertz CT molecular complexity index is 2980. The highest BCUT2D eigenvalue weighted by atomic mass is 35.5. The Balaban J connectivity index is 0.000000574. The van der Waals surface area contributed by atoms with Crippen LogP contribution in [0, 0.1) is 13.8 Å². The van der Waals surface area contributed by atoms with Crippen LogP contribution in [0.15, 0.2) is 61.3 Å². The molecule has 1 aliphatic heterocycles. The second kappa shape index (κ2) is 40.0. The van der Waals surface area contributed by atoms with Crippen molar-refractivity contribution in [3.63, 3.8) is 0 Å². The Morgan fingerprint density at radius 1 is 0.515 bits per heavy atom. The summed E-state index contributed by atoms with van der Waals surface area (Å²) in [5, 5.41) is 51.7. The van der Waals surface area contributed by atoms with Crippen LogP contribution in [0.25, 0.3) is 0 Å². The SMILES string of the molecule is C1CCOC1.CC(C)(C)OC(=O)NC1CC(O)C1.CC(C)(C)OC(=O)NC1CC(n2ccc(C(F)(F)F)n2)C1.CO.CO.Cc1ccnn1C1CC(N)C1.Cc1ccnn1C1CC(NC(=O)OC(C)(C)C)C1.Cl.Cl.FC(F)(F)c1ccn[nH]1.NC1CC(n2ccc(C(F)(F)F)n2)C1. The molecule has 5 saturated carbocycles. The number of amides is 3. The number of aromatic nitrogens is 10. The highest BCUT2D eigenvalue weighted by Crippen LogP contribution is 2.37. The molecule has 5 aliphatic carbocycles. The van der Waals surface area contributed by atoms with Crippen molar-refractivity contribution >= 4 is 43.1 Å². The van der Waals surface area contributed by atoms with Gasteiger partial charge in [-0.1, -0.05) is 0 Å². The molecule has 11 rings (SSSR count). The van der Waals surface area contributed by atoms with Gasteiger partial charge in [-0.2, -0.15) is 65.0 Å². The van der Waals surface area contributed by atoms with Crippen molar-refractivity contribution in [1.82, 2.24) is 65.3 Å². The number of ether oxygens (including phenoxy) is 4. The van der Waals surface area contributed by atoms with E-state index in [9.17, 15) is 53.9 Å². The maximum Gasteiger partial charge on any atom is 0.435 e. The molecule has 556 valence electrons. The lowest BCUT2D eigenvalue weighted by Gasteiger charge is -2.36. The number of alkyl carbamates (subject to hydrolysis) is 3. The second-order valence-corrected chi connectivity index (χ2v) is 26.2. The van der Waals surface area contributed by atoms with E-state index in [0.717, 1.165) is 83.2 Å². The number of carbonyl (C=O) groups is 3. The number of aliphatic hydroxyl groups is 3.